The Morgan fingerprint density at radius 3 is 2.48 bits per heavy atom. The van der Waals surface area contributed by atoms with Crippen LogP contribution in [0.5, 0.6) is 0 Å². The molecule has 3 aromatic rings. The van der Waals surface area contributed by atoms with Crippen LogP contribution in [0.1, 0.15) is 28.2 Å². The lowest BCUT2D eigenvalue weighted by Crippen LogP contribution is -2.12. The molecule has 1 aromatic carbocycles. The van der Waals surface area contributed by atoms with Crippen LogP contribution in [0.25, 0.3) is 10.6 Å². The summed E-state index contributed by atoms with van der Waals surface area (Å²) in [6, 6.07) is 3.91. The molecule has 2 heterocycles. The van der Waals surface area contributed by atoms with Crippen molar-refractivity contribution in [3.05, 3.63) is 52.8 Å². The summed E-state index contributed by atoms with van der Waals surface area (Å²) >= 11 is 0.985. The van der Waals surface area contributed by atoms with Gasteiger partial charge in [0.2, 0.25) is 0 Å². The van der Waals surface area contributed by atoms with Crippen LogP contribution in [-0.4, -0.2) is 20.7 Å². The molecule has 0 saturated carbocycles. The molecule has 1 amide bonds. The van der Waals surface area contributed by atoms with Gasteiger partial charge in [-0.25, -0.2) is 13.8 Å². The second-order valence-electron chi connectivity index (χ2n) is 5.47. The fraction of sp³-hybridized carbons (Fsp3) is 0.188. The van der Waals surface area contributed by atoms with Gasteiger partial charge >= 0.3 is 6.18 Å². The number of benzene rings is 1. The minimum Gasteiger partial charge on any atom is -0.321 e. The molecular weight excluding hydrogens is 391 g/mol. The third kappa shape index (κ3) is 4.13. The molecule has 0 fully saturated rings. The predicted molar refractivity (Wildman–Crippen MR) is 88.7 cm³/mol. The van der Waals surface area contributed by atoms with E-state index in [4.69, 9.17) is 0 Å². The summed E-state index contributed by atoms with van der Waals surface area (Å²) < 4.78 is 64.9. The zero-order valence-electron chi connectivity index (χ0n) is 13.6. The highest BCUT2D eigenvalue weighted by molar-refractivity contribution is 7.13. The lowest BCUT2D eigenvalue weighted by Gasteiger charge is -2.08. The normalized spacial score (nSPS) is 11.8. The second kappa shape index (κ2) is 7.06. The van der Waals surface area contributed by atoms with Crippen molar-refractivity contribution in [3.63, 3.8) is 0 Å². The van der Waals surface area contributed by atoms with Crippen LogP contribution in [0.15, 0.2) is 35.8 Å². The summed E-state index contributed by atoms with van der Waals surface area (Å²) in [5, 5.41) is 7.65. The van der Waals surface area contributed by atoms with Gasteiger partial charge in [0.1, 0.15) is 16.4 Å². The van der Waals surface area contributed by atoms with E-state index >= 15 is 0 Å². The van der Waals surface area contributed by atoms with Gasteiger partial charge in [0, 0.05) is 24.3 Å². The van der Waals surface area contributed by atoms with E-state index in [2.05, 4.69) is 15.4 Å². The van der Waals surface area contributed by atoms with E-state index in [1.807, 2.05) is 0 Å². The summed E-state index contributed by atoms with van der Waals surface area (Å²) in [4.78, 5) is 16.2. The van der Waals surface area contributed by atoms with Gasteiger partial charge < -0.3 is 5.32 Å². The van der Waals surface area contributed by atoms with Gasteiger partial charge in [-0.15, -0.1) is 11.3 Å². The lowest BCUT2D eigenvalue weighted by atomic mass is 10.2. The number of anilines is 1. The Labute approximate surface area is 153 Å². The number of halogens is 5. The maximum Gasteiger partial charge on any atom is 0.416 e. The minimum atomic E-state index is -4.47. The highest BCUT2D eigenvalue weighted by Crippen LogP contribution is 2.32. The Balaban J connectivity index is 1.78. The summed E-state index contributed by atoms with van der Waals surface area (Å²) in [7, 11) is 1.49. The van der Waals surface area contributed by atoms with Crippen LogP contribution >= 0.6 is 11.3 Å². The molecule has 0 aliphatic carbocycles. The predicted octanol–water partition coefficient (Wildman–Crippen LogP) is 4.75. The third-order valence-electron chi connectivity index (χ3n) is 3.50. The van der Waals surface area contributed by atoms with Crippen LogP contribution in [0.4, 0.5) is 27.6 Å². The fourth-order valence-corrected chi connectivity index (χ4v) is 3.09. The Morgan fingerprint density at radius 2 is 1.89 bits per heavy atom. The molecule has 0 bridgehead atoms. The van der Waals surface area contributed by atoms with E-state index < -0.39 is 29.8 Å². The van der Waals surface area contributed by atoms with Crippen molar-refractivity contribution < 1.29 is 26.7 Å². The van der Waals surface area contributed by atoms with Gasteiger partial charge in [-0.3, -0.25) is 9.48 Å². The van der Waals surface area contributed by atoms with Gasteiger partial charge in [0.15, 0.2) is 0 Å². The van der Waals surface area contributed by atoms with Gasteiger partial charge in [-0.1, -0.05) is 0 Å². The lowest BCUT2D eigenvalue weighted by molar-refractivity contribution is -0.137. The van der Waals surface area contributed by atoms with E-state index in [9.17, 15) is 26.7 Å². The zero-order chi connectivity index (χ0) is 19.8. The number of nitrogens with zero attached hydrogens (tertiary/aromatic N) is 3. The van der Waals surface area contributed by atoms with Crippen molar-refractivity contribution in [2.75, 3.05) is 5.32 Å². The van der Waals surface area contributed by atoms with E-state index in [1.54, 1.807) is 0 Å². The second-order valence-corrected chi connectivity index (χ2v) is 6.33. The number of aryl methyl sites for hydroxylation is 1. The molecule has 0 radical (unpaired) electrons. The molecule has 0 atom stereocenters. The standard InChI is InChI=1S/C16H11F5N4OS/c1-25-6-10(12(24-25)13(17)18)15-23-11(7-27-15)14(26)22-9-4-2-8(3-5-9)16(19,20)21/h2-7,13H,1H3,(H,22,26). The van der Waals surface area contributed by atoms with E-state index in [1.165, 1.54) is 23.3 Å². The average Bonchev–Trinajstić information content (AvgIpc) is 3.21. The highest BCUT2D eigenvalue weighted by Gasteiger charge is 2.30. The van der Waals surface area contributed by atoms with Crippen LogP contribution in [-0.2, 0) is 13.2 Å². The number of alkyl halides is 5. The van der Waals surface area contributed by atoms with Gasteiger partial charge in [0.25, 0.3) is 12.3 Å². The number of carbonyl (C=O) groups excluding carboxylic acids is 1. The average molecular weight is 402 g/mol. The van der Waals surface area contributed by atoms with Crippen LogP contribution < -0.4 is 5.32 Å². The fourth-order valence-electron chi connectivity index (χ4n) is 2.27. The number of amides is 1. The number of hydrogen-bond donors (Lipinski definition) is 1. The molecule has 11 heteroatoms. The Kier molecular flexibility index (Phi) is 4.96. The largest absolute Gasteiger partial charge is 0.416 e. The van der Waals surface area contributed by atoms with Gasteiger partial charge in [-0.2, -0.15) is 18.3 Å². The van der Waals surface area contributed by atoms with Crippen molar-refractivity contribution >= 4 is 22.9 Å². The number of thiazole rings is 1. The first-order valence-electron chi connectivity index (χ1n) is 7.41. The Bertz CT molecular complexity index is 962. The first kappa shape index (κ1) is 19.0. The van der Waals surface area contributed by atoms with Crippen molar-refractivity contribution in [2.24, 2.45) is 7.05 Å². The number of rotatable bonds is 4. The molecular formula is C16H11F5N4OS. The number of hydrogen-bond acceptors (Lipinski definition) is 4. The molecule has 0 unspecified atom stereocenters. The van der Waals surface area contributed by atoms with Crippen molar-refractivity contribution in [2.45, 2.75) is 12.6 Å². The first-order valence-corrected chi connectivity index (χ1v) is 8.29. The molecule has 0 saturated heterocycles. The smallest absolute Gasteiger partial charge is 0.321 e. The van der Waals surface area contributed by atoms with Gasteiger partial charge in [0.05, 0.1) is 11.1 Å². The van der Waals surface area contributed by atoms with Gasteiger partial charge in [-0.05, 0) is 24.3 Å². The maximum atomic E-state index is 13.0. The molecule has 2 aromatic heterocycles. The summed E-state index contributed by atoms with van der Waals surface area (Å²) in [6.07, 6.45) is -5.90. The van der Waals surface area contributed by atoms with E-state index in [0.717, 1.165) is 35.6 Å². The summed E-state index contributed by atoms with van der Waals surface area (Å²) in [5.41, 5.74) is -1.06. The Hall–Kier alpha value is -2.82. The SMILES string of the molecule is Cn1cc(-c2nc(C(=O)Nc3ccc(C(F)(F)F)cc3)cs2)c(C(F)F)n1. The molecule has 0 aliphatic rings. The van der Waals surface area contributed by atoms with Crippen molar-refractivity contribution in [1.82, 2.24) is 14.8 Å². The molecule has 3 rings (SSSR count). The van der Waals surface area contributed by atoms with E-state index in [0.29, 0.717) is 0 Å². The van der Waals surface area contributed by atoms with Crippen LogP contribution in [0.3, 0.4) is 0 Å². The van der Waals surface area contributed by atoms with Crippen LogP contribution in [0, 0.1) is 0 Å². The third-order valence-corrected chi connectivity index (χ3v) is 4.38. The number of nitrogens with one attached hydrogen (secondary N) is 1. The molecule has 1 N–H and O–H groups in total. The summed E-state index contributed by atoms with van der Waals surface area (Å²) in [6.45, 7) is 0. The van der Waals surface area contributed by atoms with Crippen LogP contribution in [0.2, 0.25) is 0 Å². The minimum absolute atomic E-state index is 0.0426. The Morgan fingerprint density at radius 1 is 1.22 bits per heavy atom. The number of carbonyl (C=O) groups is 1. The van der Waals surface area contributed by atoms with E-state index in [-0.39, 0.29) is 22.0 Å². The first-order chi connectivity index (χ1) is 12.6. The highest BCUT2D eigenvalue weighted by atomic mass is 32.1. The molecule has 5 nitrogen and oxygen atoms in total. The molecule has 142 valence electrons. The monoisotopic (exact) mass is 402 g/mol. The maximum absolute atomic E-state index is 13.0. The summed E-state index contributed by atoms with van der Waals surface area (Å²) in [5.74, 6) is -0.667. The van der Waals surface area contributed by atoms with Crippen molar-refractivity contribution in [3.8, 4) is 10.6 Å². The molecule has 27 heavy (non-hydrogen) atoms. The topological polar surface area (TPSA) is 59.8 Å². The molecule has 0 spiro atoms. The van der Waals surface area contributed by atoms with Crippen molar-refractivity contribution in [1.29, 1.82) is 0 Å². The quantitative estimate of drug-likeness (QED) is 0.641. The molecule has 0 aliphatic heterocycles. The number of aromatic nitrogens is 3. The zero-order valence-corrected chi connectivity index (χ0v) is 14.4.